The van der Waals surface area contributed by atoms with E-state index in [1.807, 2.05) is 47.3 Å². The minimum absolute atomic E-state index is 0.645. The van der Waals surface area contributed by atoms with E-state index in [1.165, 1.54) is 10.8 Å². The summed E-state index contributed by atoms with van der Waals surface area (Å²) in [5, 5.41) is 2.36. The van der Waals surface area contributed by atoms with Gasteiger partial charge in [0.1, 0.15) is 5.52 Å². The number of benzene rings is 2. The molecule has 0 unspecified atom stereocenters. The van der Waals surface area contributed by atoms with E-state index in [0.29, 0.717) is 6.54 Å². The average molecular weight is 261 g/mol. The van der Waals surface area contributed by atoms with Crippen molar-refractivity contribution in [3.8, 4) is 0 Å². The maximum absolute atomic E-state index is 5.85. The van der Waals surface area contributed by atoms with E-state index in [2.05, 4.69) is 29.2 Å². The van der Waals surface area contributed by atoms with Gasteiger partial charge in [-0.25, -0.2) is 4.98 Å². The van der Waals surface area contributed by atoms with Gasteiger partial charge in [-0.05, 0) is 22.9 Å². The second-order valence-electron chi connectivity index (χ2n) is 4.82. The monoisotopic (exact) mass is 261 g/mol. The molecule has 0 aliphatic heterocycles. The lowest BCUT2D eigenvalue weighted by molar-refractivity contribution is -0.690. The predicted octanol–water partition coefficient (Wildman–Crippen LogP) is 3.32. The minimum Gasteiger partial charge on any atom is -0.435 e. The number of hydrogen-bond acceptors (Lipinski definition) is 2. The summed E-state index contributed by atoms with van der Waals surface area (Å²) in [5.41, 5.74) is 1.76. The third-order valence-corrected chi connectivity index (χ3v) is 3.40. The zero-order chi connectivity index (χ0) is 13.4. The van der Waals surface area contributed by atoms with Crippen LogP contribution in [-0.2, 0) is 6.54 Å². The lowest BCUT2D eigenvalue weighted by Crippen LogP contribution is -2.32. The number of aromatic nitrogens is 2. The van der Waals surface area contributed by atoms with Gasteiger partial charge in [-0.3, -0.25) is 0 Å². The standard InChI is InChI=1S/C17H13N2O/c1-4-8-19(9-5-1)12-17-18-15-10-13-6-2-3-7-14(13)11-16(15)20-17/h1-11H,12H2/q+1. The Morgan fingerprint density at radius 2 is 1.65 bits per heavy atom. The highest BCUT2D eigenvalue weighted by Crippen LogP contribution is 2.23. The molecule has 20 heavy (non-hydrogen) atoms. The Hall–Kier alpha value is -2.68. The summed E-state index contributed by atoms with van der Waals surface area (Å²) in [7, 11) is 0. The maximum atomic E-state index is 5.85. The Bertz CT molecular complexity index is 829. The Morgan fingerprint density at radius 3 is 2.45 bits per heavy atom. The van der Waals surface area contributed by atoms with E-state index in [1.54, 1.807) is 0 Å². The first-order valence-electron chi connectivity index (χ1n) is 6.61. The molecule has 0 atom stereocenters. The summed E-state index contributed by atoms with van der Waals surface area (Å²) in [6.07, 6.45) is 4.01. The highest BCUT2D eigenvalue weighted by Gasteiger charge is 2.11. The summed E-state index contributed by atoms with van der Waals surface area (Å²) in [5.74, 6) is 0.728. The third-order valence-electron chi connectivity index (χ3n) is 3.40. The molecule has 3 heteroatoms. The summed E-state index contributed by atoms with van der Waals surface area (Å²) < 4.78 is 7.89. The van der Waals surface area contributed by atoms with Crippen LogP contribution in [0, 0.1) is 0 Å². The molecule has 3 nitrogen and oxygen atoms in total. The van der Waals surface area contributed by atoms with Crippen molar-refractivity contribution in [1.82, 2.24) is 4.98 Å². The second-order valence-corrected chi connectivity index (χ2v) is 4.82. The lowest BCUT2D eigenvalue weighted by atomic mass is 10.1. The van der Waals surface area contributed by atoms with Crippen molar-refractivity contribution >= 4 is 21.9 Å². The van der Waals surface area contributed by atoms with Crippen LogP contribution < -0.4 is 4.57 Å². The van der Waals surface area contributed by atoms with E-state index >= 15 is 0 Å². The predicted molar refractivity (Wildman–Crippen MR) is 77.3 cm³/mol. The van der Waals surface area contributed by atoms with E-state index in [4.69, 9.17) is 4.42 Å². The molecular weight excluding hydrogens is 248 g/mol. The van der Waals surface area contributed by atoms with Crippen molar-refractivity contribution < 1.29 is 8.98 Å². The highest BCUT2D eigenvalue weighted by molar-refractivity contribution is 5.94. The van der Waals surface area contributed by atoms with Crippen LogP contribution in [0.25, 0.3) is 21.9 Å². The number of oxazole rings is 1. The molecule has 0 radical (unpaired) electrons. The number of nitrogens with zero attached hydrogens (tertiary/aromatic N) is 2. The van der Waals surface area contributed by atoms with Gasteiger partial charge in [-0.15, -0.1) is 0 Å². The van der Waals surface area contributed by atoms with Crippen molar-refractivity contribution in [2.45, 2.75) is 6.54 Å². The molecule has 2 heterocycles. The van der Waals surface area contributed by atoms with Crippen LogP contribution in [0.1, 0.15) is 5.89 Å². The van der Waals surface area contributed by atoms with E-state index in [9.17, 15) is 0 Å². The summed E-state index contributed by atoms with van der Waals surface area (Å²) >= 11 is 0. The molecule has 0 fully saturated rings. The third kappa shape index (κ3) is 1.93. The van der Waals surface area contributed by atoms with Gasteiger partial charge in [-0.1, -0.05) is 30.3 Å². The maximum Gasteiger partial charge on any atom is 0.262 e. The first kappa shape index (κ1) is 11.2. The Labute approximate surface area is 116 Å². The first-order chi connectivity index (χ1) is 9.88. The zero-order valence-electron chi connectivity index (χ0n) is 10.9. The molecule has 2 aromatic heterocycles. The van der Waals surface area contributed by atoms with Gasteiger partial charge in [0.25, 0.3) is 5.89 Å². The second kappa shape index (κ2) is 4.46. The van der Waals surface area contributed by atoms with Crippen LogP contribution in [0.3, 0.4) is 0 Å². The molecular formula is C17H13N2O+. The first-order valence-corrected chi connectivity index (χ1v) is 6.61. The van der Waals surface area contributed by atoms with E-state index in [0.717, 1.165) is 17.0 Å². The average Bonchev–Trinajstić information content (AvgIpc) is 2.86. The molecule has 96 valence electrons. The molecule has 4 rings (SSSR count). The summed E-state index contributed by atoms with van der Waals surface area (Å²) in [6, 6.07) is 18.4. The number of pyridine rings is 1. The molecule has 4 aromatic rings. The Balaban J connectivity index is 1.80. The molecule has 0 saturated heterocycles. The molecule has 0 spiro atoms. The minimum atomic E-state index is 0.645. The van der Waals surface area contributed by atoms with Gasteiger partial charge in [-0.2, -0.15) is 4.57 Å². The summed E-state index contributed by atoms with van der Waals surface area (Å²) in [4.78, 5) is 4.57. The fourth-order valence-corrected chi connectivity index (χ4v) is 2.42. The van der Waals surface area contributed by atoms with Crippen molar-refractivity contribution in [2.24, 2.45) is 0 Å². The zero-order valence-corrected chi connectivity index (χ0v) is 10.9. The topological polar surface area (TPSA) is 29.9 Å². The number of fused-ring (bicyclic) bond motifs is 2. The molecule has 0 aliphatic carbocycles. The van der Waals surface area contributed by atoms with Gasteiger partial charge in [0.05, 0.1) is 0 Å². The van der Waals surface area contributed by atoms with Gasteiger partial charge < -0.3 is 4.42 Å². The van der Waals surface area contributed by atoms with Crippen molar-refractivity contribution in [2.75, 3.05) is 0 Å². The van der Waals surface area contributed by atoms with Crippen molar-refractivity contribution in [1.29, 1.82) is 0 Å². The van der Waals surface area contributed by atoms with Crippen LogP contribution in [0.15, 0.2) is 71.4 Å². The molecule has 0 amide bonds. The normalized spacial score (nSPS) is 11.2. The lowest BCUT2D eigenvalue weighted by Gasteiger charge is -1.94. The molecule has 0 aliphatic rings. The van der Waals surface area contributed by atoms with Gasteiger partial charge >= 0.3 is 0 Å². The molecule has 0 N–H and O–H groups in total. The van der Waals surface area contributed by atoms with Crippen LogP contribution in [0.4, 0.5) is 0 Å². The fourth-order valence-electron chi connectivity index (χ4n) is 2.42. The van der Waals surface area contributed by atoms with Gasteiger partial charge in [0.2, 0.25) is 6.54 Å². The van der Waals surface area contributed by atoms with Crippen LogP contribution in [0.5, 0.6) is 0 Å². The van der Waals surface area contributed by atoms with Crippen molar-refractivity contribution in [3.05, 3.63) is 72.9 Å². The highest BCUT2D eigenvalue weighted by atomic mass is 16.3. The molecule has 2 aromatic carbocycles. The van der Waals surface area contributed by atoms with Gasteiger partial charge in [0, 0.05) is 12.1 Å². The van der Waals surface area contributed by atoms with Crippen LogP contribution >= 0.6 is 0 Å². The number of rotatable bonds is 2. The molecule has 0 saturated carbocycles. The smallest absolute Gasteiger partial charge is 0.262 e. The largest absolute Gasteiger partial charge is 0.435 e. The quantitative estimate of drug-likeness (QED) is 0.518. The molecule has 0 bridgehead atoms. The van der Waals surface area contributed by atoms with E-state index in [-0.39, 0.29) is 0 Å². The van der Waals surface area contributed by atoms with Gasteiger partial charge in [0.15, 0.2) is 18.0 Å². The SMILES string of the molecule is c1cc[n+](Cc2nc3cc4ccccc4cc3o2)cc1. The summed E-state index contributed by atoms with van der Waals surface area (Å²) in [6.45, 7) is 0.645. The Kier molecular flexibility index (Phi) is 2.49. The van der Waals surface area contributed by atoms with E-state index < -0.39 is 0 Å². The Morgan fingerprint density at radius 1 is 0.900 bits per heavy atom. The van der Waals surface area contributed by atoms with Crippen LogP contribution in [0.2, 0.25) is 0 Å². The van der Waals surface area contributed by atoms with Crippen molar-refractivity contribution in [3.63, 3.8) is 0 Å². The number of hydrogen-bond donors (Lipinski definition) is 0. The fraction of sp³-hybridized carbons (Fsp3) is 0.0588. The van der Waals surface area contributed by atoms with Crippen LogP contribution in [-0.4, -0.2) is 4.98 Å².